The molecular weight excluding hydrogens is 477 g/mol. The molecule has 2 N–H and O–H groups in total. The number of hydrogen-bond acceptors (Lipinski definition) is 3. The Kier molecular flexibility index (Phi) is 8.48. The number of imidazole rings is 1. The van der Waals surface area contributed by atoms with Gasteiger partial charge in [0.1, 0.15) is 5.82 Å². The van der Waals surface area contributed by atoms with Gasteiger partial charge in [0.2, 0.25) is 0 Å². The number of benzene rings is 1. The first-order valence-corrected chi connectivity index (χ1v) is 9.94. The molecule has 0 saturated heterocycles. The number of para-hydroxylation sites is 2. The summed E-state index contributed by atoms with van der Waals surface area (Å²) in [5, 5.41) is 11.2. The van der Waals surface area contributed by atoms with E-state index in [1.165, 1.54) is 16.8 Å². The van der Waals surface area contributed by atoms with Gasteiger partial charge in [-0.3, -0.25) is 4.68 Å². The molecule has 1 aromatic carbocycles. The van der Waals surface area contributed by atoms with Crippen molar-refractivity contribution < 1.29 is 0 Å². The van der Waals surface area contributed by atoms with Crippen LogP contribution < -0.4 is 10.6 Å². The van der Waals surface area contributed by atoms with E-state index in [0.29, 0.717) is 6.54 Å². The van der Waals surface area contributed by atoms with E-state index >= 15 is 0 Å². The van der Waals surface area contributed by atoms with Crippen LogP contribution in [0.1, 0.15) is 36.1 Å². The van der Waals surface area contributed by atoms with Crippen molar-refractivity contribution in [1.82, 2.24) is 30.0 Å². The second-order valence-electron chi connectivity index (χ2n) is 7.05. The Morgan fingerprint density at radius 1 is 1.14 bits per heavy atom. The number of rotatable bonds is 7. The van der Waals surface area contributed by atoms with Gasteiger partial charge in [-0.2, -0.15) is 5.10 Å². The van der Waals surface area contributed by atoms with Crippen LogP contribution in [0, 0.1) is 20.8 Å². The van der Waals surface area contributed by atoms with Crippen LogP contribution >= 0.6 is 24.0 Å². The third kappa shape index (κ3) is 5.49. The molecule has 0 amide bonds. The van der Waals surface area contributed by atoms with Gasteiger partial charge in [0.25, 0.3) is 0 Å². The predicted octanol–water partition coefficient (Wildman–Crippen LogP) is 3.46. The van der Waals surface area contributed by atoms with Gasteiger partial charge < -0.3 is 15.2 Å². The summed E-state index contributed by atoms with van der Waals surface area (Å²) in [4.78, 5) is 9.38. The second-order valence-corrected chi connectivity index (χ2v) is 7.05. The lowest BCUT2D eigenvalue weighted by atomic mass is 10.2. The molecule has 0 radical (unpaired) electrons. The second kappa shape index (κ2) is 10.6. The van der Waals surface area contributed by atoms with E-state index in [4.69, 9.17) is 4.99 Å². The highest BCUT2D eigenvalue weighted by atomic mass is 127. The molecule has 0 aliphatic heterocycles. The average molecular weight is 509 g/mol. The van der Waals surface area contributed by atoms with Crippen molar-refractivity contribution in [3.05, 3.63) is 47.0 Å². The lowest BCUT2D eigenvalue weighted by molar-refractivity contribution is 0.624. The maximum atomic E-state index is 4.74. The maximum Gasteiger partial charge on any atom is 0.191 e. The molecular formula is C21H32IN7. The lowest BCUT2D eigenvalue weighted by Crippen LogP contribution is -2.38. The SMILES string of the molecule is CCNC(=NCc1c(C)nn(C)c1C)NCCCn1c(C)nc2ccccc21.I. The largest absolute Gasteiger partial charge is 0.357 e. The van der Waals surface area contributed by atoms with E-state index in [2.05, 4.69) is 64.3 Å². The molecule has 2 heterocycles. The highest BCUT2D eigenvalue weighted by Crippen LogP contribution is 2.15. The van der Waals surface area contributed by atoms with Crippen molar-refractivity contribution in [3.8, 4) is 0 Å². The van der Waals surface area contributed by atoms with Crippen LogP contribution in [0.25, 0.3) is 11.0 Å². The molecule has 3 aromatic rings. The van der Waals surface area contributed by atoms with Crippen LogP contribution in [0.3, 0.4) is 0 Å². The van der Waals surface area contributed by atoms with E-state index in [0.717, 1.165) is 49.0 Å². The van der Waals surface area contributed by atoms with Gasteiger partial charge in [-0.05, 0) is 46.2 Å². The first-order valence-electron chi connectivity index (χ1n) is 9.94. The van der Waals surface area contributed by atoms with Gasteiger partial charge in [-0.15, -0.1) is 24.0 Å². The van der Waals surface area contributed by atoms with Crippen LogP contribution in [-0.4, -0.2) is 38.4 Å². The van der Waals surface area contributed by atoms with Crippen LogP contribution in [0.2, 0.25) is 0 Å². The Bertz CT molecular complexity index is 971. The molecule has 158 valence electrons. The number of halogens is 1. The summed E-state index contributed by atoms with van der Waals surface area (Å²) >= 11 is 0. The zero-order valence-electron chi connectivity index (χ0n) is 18.0. The summed E-state index contributed by atoms with van der Waals surface area (Å²) in [6.45, 7) is 11.5. The summed E-state index contributed by atoms with van der Waals surface area (Å²) in [6, 6.07) is 8.30. The first-order chi connectivity index (χ1) is 13.5. The van der Waals surface area contributed by atoms with Gasteiger partial charge in [0.05, 0.1) is 23.3 Å². The Balaban J connectivity index is 0.00000300. The van der Waals surface area contributed by atoms with Gasteiger partial charge >= 0.3 is 0 Å². The van der Waals surface area contributed by atoms with E-state index in [9.17, 15) is 0 Å². The summed E-state index contributed by atoms with van der Waals surface area (Å²) in [6.07, 6.45) is 0.997. The van der Waals surface area contributed by atoms with E-state index in [1.54, 1.807) is 0 Å². The Morgan fingerprint density at radius 3 is 2.59 bits per heavy atom. The third-order valence-corrected chi connectivity index (χ3v) is 5.09. The van der Waals surface area contributed by atoms with E-state index in [1.807, 2.05) is 24.7 Å². The first kappa shape index (κ1) is 23.2. The molecule has 0 spiro atoms. The number of aryl methyl sites for hydroxylation is 4. The monoisotopic (exact) mass is 509 g/mol. The number of fused-ring (bicyclic) bond motifs is 1. The Morgan fingerprint density at radius 2 is 1.90 bits per heavy atom. The fourth-order valence-electron chi connectivity index (χ4n) is 3.47. The predicted molar refractivity (Wildman–Crippen MR) is 130 cm³/mol. The molecule has 0 fully saturated rings. The highest BCUT2D eigenvalue weighted by molar-refractivity contribution is 14.0. The summed E-state index contributed by atoms with van der Waals surface area (Å²) < 4.78 is 4.20. The van der Waals surface area contributed by atoms with Crippen molar-refractivity contribution in [3.63, 3.8) is 0 Å². The smallest absolute Gasteiger partial charge is 0.191 e. The molecule has 0 aliphatic carbocycles. The number of nitrogens with zero attached hydrogens (tertiary/aromatic N) is 5. The normalized spacial score (nSPS) is 11.6. The van der Waals surface area contributed by atoms with Gasteiger partial charge in [-0.25, -0.2) is 9.98 Å². The van der Waals surface area contributed by atoms with Gasteiger partial charge in [0, 0.05) is 37.9 Å². The molecule has 0 unspecified atom stereocenters. The minimum atomic E-state index is 0. The van der Waals surface area contributed by atoms with Crippen LogP contribution in [0.5, 0.6) is 0 Å². The van der Waals surface area contributed by atoms with Crippen LogP contribution in [0.4, 0.5) is 0 Å². The molecule has 2 aromatic heterocycles. The molecule has 0 saturated carbocycles. The van der Waals surface area contributed by atoms with Crippen LogP contribution in [0.15, 0.2) is 29.3 Å². The van der Waals surface area contributed by atoms with Crippen molar-refractivity contribution in [2.75, 3.05) is 13.1 Å². The molecule has 0 atom stereocenters. The van der Waals surface area contributed by atoms with Crippen molar-refractivity contribution in [2.45, 2.75) is 47.2 Å². The molecule has 8 heteroatoms. The standard InChI is InChI=1S/C21H31N7.HI/c1-6-22-21(24-14-18-15(2)26-27(5)16(18)3)23-12-9-13-28-17(4)25-19-10-7-8-11-20(19)28;/h7-8,10-11H,6,9,12-14H2,1-5H3,(H2,22,23,24);1H. The van der Waals surface area contributed by atoms with Gasteiger partial charge in [0.15, 0.2) is 5.96 Å². The molecule has 0 bridgehead atoms. The summed E-state index contributed by atoms with van der Waals surface area (Å²) in [5.41, 5.74) is 5.66. The van der Waals surface area contributed by atoms with E-state index < -0.39 is 0 Å². The van der Waals surface area contributed by atoms with E-state index in [-0.39, 0.29) is 24.0 Å². The number of aromatic nitrogens is 4. The molecule has 3 rings (SSSR count). The average Bonchev–Trinajstić information content (AvgIpc) is 3.12. The minimum Gasteiger partial charge on any atom is -0.357 e. The fraction of sp³-hybridized carbons (Fsp3) is 0.476. The van der Waals surface area contributed by atoms with Crippen molar-refractivity contribution >= 4 is 41.0 Å². The number of aliphatic imine (C=N–C) groups is 1. The maximum absolute atomic E-state index is 4.74. The van der Waals surface area contributed by atoms with Gasteiger partial charge in [-0.1, -0.05) is 12.1 Å². The molecule has 29 heavy (non-hydrogen) atoms. The van der Waals surface area contributed by atoms with Crippen molar-refractivity contribution in [1.29, 1.82) is 0 Å². The number of nitrogens with one attached hydrogen (secondary N) is 2. The molecule has 7 nitrogen and oxygen atoms in total. The zero-order valence-corrected chi connectivity index (χ0v) is 20.3. The lowest BCUT2D eigenvalue weighted by Gasteiger charge is -2.12. The third-order valence-electron chi connectivity index (χ3n) is 5.09. The minimum absolute atomic E-state index is 0. The Labute approximate surface area is 190 Å². The zero-order chi connectivity index (χ0) is 20.1. The quantitative estimate of drug-likeness (QED) is 0.222. The summed E-state index contributed by atoms with van der Waals surface area (Å²) in [5.74, 6) is 1.90. The molecule has 0 aliphatic rings. The van der Waals surface area contributed by atoms with Crippen molar-refractivity contribution in [2.24, 2.45) is 12.0 Å². The number of guanidine groups is 1. The van der Waals surface area contributed by atoms with Crippen LogP contribution in [-0.2, 0) is 20.1 Å². The topological polar surface area (TPSA) is 72.1 Å². The summed E-state index contributed by atoms with van der Waals surface area (Å²) in [7, 11) is 1.97. The number of hydrogen-bond donors (Lipinski definition) is 2. The Hall–Kier alpha value is -2.10. The fourth-order valence-corrected chi connectivity index (χ4v) is 3.47. The highest BCUT2D eigenvalue weighted by Gasteiger charge is 2.09.